The van der Waals surface area contributed by atoms with Crippen molar-refractivity contribution in [1.82, 2.24) is 0 Å². The number of carbonyl (C=O) groups is 3. The second-order valence-corrected chi connectivity index (χ2v) is 12.9. The predicted molar refractivity (Wildman–Crippen MR) is 192 cm³/mol. The zero-order valence-electron chi connectivity index (χ0n) is 29.6. The molecule has 9 heteroatoms. The topological polar surface area (TPSA) is 107 Å². The van der Waals surface area contributed by atoms with Gasteiger partial charge in [-0.25, -0.2) is 14.4 Å². The fourth-order valence-electron chi connectivity index (χ4n) is 5.97. The van der Waals surface area contributed by atoms with Crippen LogP contribution in [0.4, 0.5) is 0 Å². The SMILES string of the molecule is C=C(C)C(=O)OCCOc1ccc(-c2ccc(C3=CCC(C)(OC(=O)C(=C)COC)C=C3)cc2)c(C2CCC(OC(=O)C(=C)COC)CC2)c1. The lowest BCUT2D eigenvalue weighted by Gasteiger charge is -2.30. The molecule has 0 radical (unpaired) electrons. The molecule has 4 rings (SSSR count). The Hall–Kier alpha value is -4.73. The molecular weight excluding hydrogens is 636 g/mol. The summed E-state index contributed by atoms with van der Waals surface area (Å²) in [6, 6.07) is 14.5. The number of ether oxygens (including phenoxy) is 6. The maximum Gasteiger partial charge on any atom is 0.336 e. The quantitative estimate of drug-likeness (QED) is 0.0770. The van der Waals surface area contributed by atoms with Gasteiger partial charge >= 0.3 is 17.9 Å². The first-order valence-corrected chi connectivity index (χ1v) is 16.8. The molecule has 50 heavy (non-hydrogen) atoms. The van der Waals surface area contributed by atoms with Crippen molar-refractivity contribution >= 4 is 23.5 Å². The van der Waals surface area contributed by atoms with Crippen LogP contribution in [0.15, 0.2) is 97.1 Å². The highest BCUT2D eigenvalue weighted by Crippen LogP contribution is 2.41. The molecule has 1 atom stereocenters. The normalized spacial score (nSPS) is 19.9. The Bertz CT molecular complexity index is 1640. The van der Waals surface area contributed by atoms with Crippen molar-refractivity contribution in [3.8, 4) is 16.9 Å². The van der Waals surface area contributed by atoms with E-state index in [1.807, 2.05) is 25.1 Å². The molecule has 1 unspecified atom stereocenters. The molecule has 9 nitrogen and oxygen atoms in total. The molecule has 0 aliphatic heterocycles. The summed E-state index contributed by atoms with van der Waals surface area (Å²) < 4.78 is 32.6. The summed E-state index contributed by atoms with van der Waals surface area (Å²) in [6.07, 6.45) is 9.43. The van der Waals surface area contributed by atoms with Crippen molar-refractivity contribution in [2.24, 2.45) is 0 Å². The first-order valence-electron chi connectivity index (χ1n) is 16.8. The molecule has 2 aromatic carbocycles. The Balaban J connectivity index is 1.49. The third kappa shape index (κ3) is 10.4. The molecule has 0 aromatic heterocycles. The summed E-state index contributed by atoms with van der Waals surface area (Å²) in [4.78, 5) is 36.6. The smallest absolute Gasteiger partial charge is 0.336 e. The van der Waals surface area contributed by atoms with E-state index in [1.165, 1.54) is 14.2 Å². The Labute approximate surface area is 295 Å². The van der Waals surface area contributed by atoms with Gasteiger partial charge in [-0.2, -0.15) is 0 Å². The molecule has 2 aromatic rings. The highest BCUT2D eigenvalue weighted by atomic mass is 16.6. The summed E-state index contributed by atoms with van der Waals surface area (Å²) in [5.74, 6) is -0.432. The van der Waals surface area contributed by atoms with Crippen molar-refractivity contribution in [2.75, 3.05) is 40.6 Å². The summed E-state index contributed by atoms with van der Waals surface area (Å²) in [5, 5.41) is 0. The van der Waals surface area contributed by atoms with Gasteiger partial charge in [0, 0.05) is 26.2 Å². The van der Waals surface area contributed by atoms with Gasteiger partial charge in [-0.15, -0.1) is 0 Å². The molecule has 266 valence electrons. The van der Waals surface area contributed by atoms with Gasteiger partial charge in [0.1, 0.15) is 30.7 Å². The van der Waals surface area contributed by atoms with Crippen LogP contribution in [0.5, 0.6) is 5.75 Å². The summed E-state index contributed by atoms with van der Waals surface area (Å²) >= 11 is 0. The molecule has 0 amide bonds. The second kappa shape index (κ2) is 17.8. The zero-order valence-corrected chi connectivity index (χ0v) is 29.6. The molecular formula is C41H48O9. The van der Waals surface area contributed by atoms with Crippen LogP contribution in [0, 0.1) is 0 Å². The molecule has 1 saturated carbocycles. The van der Waals surface area contributed by atoms with E-state index in [4.69, 9.17) is 28.4 Å². The first-order chi connectivity index (χ1) is 23.9. The molecule has 0 N–H and O–H groups in total. The van der Waals surface area contributed by atoms with Gasteiger partial charge in [0.15, 0.2) is 0 Å². The fourth-order valence-corrected chi connectivity index (χ4v) is 5.97. The summed E-state index contributed by atoms with van der Waals surface area (Å²) in [5.41, 5.74) is 5.54. The van der Waals surface area contributed by atoms with E-state index < -0.39 is 23.5 Å². The lowest BCUT2D eigenvalue weighted by Crippen LogP contribution is -2.31. The molecule has 0 bridgehead atoms. The summed E-state index contributed by atoms with van der Waals surface area (Å²) in [7, 11) is 3.03. The number of methoxy groups -OCH3 is 2. The van der Waals surface area contributed by atoms with E-state index in [2.05, 4.69) is 62.2 Å². The Morgan fingerprint density at radius 3 is 2.06 bits per heavy atom. The monoisotopic (exact) mass is 684 g/mol. The van der Waals surface area contributed by atoms with Gasteiger partial charge in [0.05, 0.1) is 24.4 Å². The van der Waals surface area contributed by atoms with Crippen LogP contribution in [0.3, 0.4) is 0 Å². The van der Waals surface area contributed by atoms with Crippen LogP contribution >= 0.6 is 0 Å². The Morgan fingerprint density at radius 2 is 1.46 bits per heavy atom. The van der Waals surface area contributed by atoms with E-state index in [-0.39, 0.29) is 44.0 Å². The number of benzene rings is 2. The molecule has 0 heterocycles. The number of hydrogen-bond donors (Lipinski definition) is 0. The van der Waals surface area contributed by atoms with Crippen LogP contribution in [-0.4, -0.2) is 70.3 Å². The fraction of sp³-hybridized carbons (Fsp3) is 0.390. The third-order valence-corrected chi connectivity index (χ3v) is 8.76. The average Bonchev–Trinajstić information content (AvgIpc) is 3.10. The van der Waals surface area contributed by atoms with E-state index in [0.29, 0.717) is 23.3 Å². The largest absolute Gasteiger partial charge is 0.490 e. The highest BCUT2D eigenvalue weighted by molar-refractivity contribution is 5.89. The molecule has 0 saturated heterocycles. The second-order valence-electron chi connectivity index (χ2n) is 12.9. The van der Waals surface area contributed by atoms with Crippen molar-refractivity contribution in [3.05, 3.63) is 108 Å². The highest BCUT2D eigenvalue weighted by Gasteiger charge is 2.29. The minimum Gasteiger partial charge on any atom is -0.490 e. The van der Waals surface area contributed by atoms with E-state index in [9.17, 15) is 14.4 Å². The van der Waals surface area contributed by atoms with E-state index in [0.717, 1.165) is 53.5 Å². The molecule has 2 aliphatic rings. The van der Waals surface area contributed by atoms with Gasteiger partial charge in [0.2, 0.25) is 0 Å². The third-order valence-electron chi connectivity index (χ3n) is 8.76. The van der Waals surface area contributed by atoms with Gasteiger partial charge in [-0.1, -0.05) is 62.2 Å². The minimum atomic E-state index is -0.766. The van der Waals surface area contributed by atoms with Crippen LogP contribution in [0.25, 0.3) is 16.7 Å². The van der Waals surface area contributed by atoms with Crippen LogP contribution in [-0.2, 0) is 38.1 Å². The van der Waals surface area contributed by atoms with E-state index >= 15 is 0 Å². The first kappa shape index (κ1) is 38.1. The number of rotatable bonds is 16. The maximum atomic E-state index is 12.4. The average molecular weight is 685 g/mol. The lowest BCUT2D eigenvalue weighted by molar-refractivity contribution is -0.149. The molecule has 1 fully saturated rings. The number of esters is 3. The summed E-state index contributed by atoms with van der Waals surface area (Å²) in [6.45, 7) is 15.2. The van der Waals surface area contributed by atoms with Crippen molar-refractivity contribution in [3.63, 3.8) is 0 Å². The van der Waals surface area contributed by atoms with Crippen LogP contribution in [0.2, 0.25) is 0 Å². The number of hydrogen-bond acceptors (Lipinski definition) is 9. The van der Waals surface area contributed by atoms with Crippen molar-refractivity contribution in [1.29, 1.82) is 0 Å². The Kier molecular flexibility index (Phi) is 13.5. The Morgan fingerprint density at radius 1 is 0.820 bits per heavy atom. The van der Waals surface area contributed by atoms with Crippen molar-refractivity contribution in [2.45, 2.75) is 63.6 Å². The van der Waals surface area contributed by atoms with Gasteiger partial charge in [-0.05, 0) is 91.5 Å². The number of carbonyl (C=O) groups excluding carboxylic acids is 3. The number of allylic oxidation sites excluding steroid dienone is 2. The van der Waals surface area contributed by atoms with E-state index in [1.54, 1.807) is 6.92 Å². The molecule has 0 spiro atoms. The standard InChI is InChI=1S/C41H48O9/c1-27(2)38(42)48-23-22-47-35-16-17-36(37(24-35)33-12-14-34(15-13-33)49-39(43)28(3)25-45-6)32-10-8-30(9-11-32)31-18-20-41(5,21-19-31)50-40(44)29(4)26-46-7/h8-11,16-20,24,33-34H,1,3-4,12-15,21-23,25-26H2,2,5-7H3. The van der Waals surface area contributed by atoms with Crippen molar-refractivity contribution < 1.29 is 42.8 Å². The van der Waals surface area contributed by atoms with Crippen LogP contribution < -0.4 is 4.74 Å². The zero-order chi connectivity index (χ0) is 36.3. The van der Waals surface area contributed by atoms with Crippen LogP contribution in [0.1, 0.15) is 63.0 Å². The predicted octanol–water partition coefficient (Wildman–Crippen LogP) is 7.47. The van der Waals surface area contributed by atoms with Gasteiger partial charge in [0.25, 0.3) is 0 Å². The van der Waals surface area contributed by atoms with Gasteiger partial charge in [-0.3, -0.25) is 0 Å². The maximum absolute atomic E-state index is 12.4. The minimum absolute atomic E-state index is 0.115. The van der Waals surface area contributed by atoms with Gasteiger partial charge < -0.3 is 28.4 Å². The molecule has 2 aliphatic carbocycles. The lowest BCUT2D eigenvalue weighted by atomic mass is 9.79.